The van der Waals surface area contributed by atoms with Crippen LogP contribution < -0.4 is 20.1 Å². The number of benzene rings is 2. The third-order valence-electron chi connectivity index (χ3n) is 4.48. The van der Waals surface area contributed by atoms with Gasteiger partial charge in [0.2, 0.25) is 0 Å². The van der Waals surface area contributed by atoms with Crippen LogP contribution in [-0.4, -0.2) is 31.2 Å². The number of pyridine rings is 1. The summed E-state index contributed by atoms with van der Waals surface area (Å²) < 4.78 is 11.0. The number of halogens is 1. The van der Waals surface area contributed by atoms with Gasteiger partial charge in [0.25, 0.3) is 0 Å². The van der Waals surface area contributed by atoms with Gasteiger partial charge < -0.3 is 20.1 Å². The van der Waals surface area contributed by atoms with E-state index in [1.807, 2.05) is 55.6 Å². The molecule has 6 nitrogen and oxygen atoms in total. The zero-order chi connectivity index (χ0) is 20.5. The van der Waals surface area contributed by atoms with Gasteiger partial charge in [-0.05, 0) is 49.2 Å². The molecule has 160 valence electrons. The Kier molecular flexibility index (Phi) is 9.66. The Bertz CT molecular complexity index is 973. The quantitative estimate of drug-likeness (QED) is 0.260. The highest BCUT2D eigenvalue weighted by Gasteiger charge is 2.06. The first-order chi connectivity index (χ1) is 14.2. The van der Waals surface area contributed by atoms with Gasteiger partial charge >= 0.3 is 0 Å². The number of aliphatic imine (C=N–C) groups is 1. The molecule has 1 heterocycles. The van der Waals surface area contributed by atoms with Crippen LogP contribution in [0.4, 0.5) is 0 Å². The predicted molar refractivity (Wildman–Crippen MR) is 133 cm³/mol. The Morgan fingerprint density at radius 1 is 1.03 bits per heavy atom. The van der Waals surface area contributed by atoms with Gasteiger partial charge in [0.15, 0.2) is 17.5 Å². The number of rotatable bonds is 8. The van der Waals surface area contributed by atoms with Gasteiger partial charge in [-0.1, -0.05) is 24.3 Å². The highest BCUT2D eigenvalue weighted by atomic mass is 127. The second-order valence-corrected chi connectivity index (χ2v) is 6.45. The van der Waals surface area contributed by atoms with Gasteiger partial charge in [0.1, 0.15) is 0 Å². The zero-order valence-electron chi connectivity index (χ0n) is 17.6. The lowest BCUT2D eigenvalue weighted by Crippen LogP contribution is -2.36. The first-order valence-corrected chi connectivity index (χ1v) is 9.89. The third-order valence-corrected chi connectivity index (χ3v) is 4.48. The molecule has 0 spiro atoms. The molecule has 0 aliphatic heterocycles. The molecule has 0 unspecified atom stereocenters. The van der Waals surface area contributed by atoms with Crippen molar-refractivity contribution in [2.24, 2.45) is 4.99 Å². The molecule has 0 saturated carbocycles. The van der Waals surface area contributed by atoms with Crippen LogP contribution in [-0.2, 0) is 13.1 Å². The smallest absolute Gasteiger partial charge is 0.191 e. The number of hydrogen-bond acceptors (Lipinski definition) is 4. The van der Waals surface area contributed by atoms with Gasteiger partial charge in [-0.25, -0.2) is 4.99 Å². The van der Waals surface area contributed by atoms with E-state index >= 15 is 0 Å². The molecule has 0 atom stereocenters. The summed E-state index contributed by atoms with van der Waals surface area (Å²) in [6, 6.07) is 16.1. The van der Waals surface area contributed by atoms with Crippen molar-refractivity contribution in [1.29, 1.82) is 0 Å². The summed E-state index contributed by atoms with van der Waals surface area (Å²) in [5, 5.41) is 7.87. The molecule has 30 heavy (non-hydrogen) atoms. The molecule has 0 radical (unpaired) electrons. The summed E-state index contributed by atoms with van der Waals surface area (Å²) >= 11 is 0. The van der Waals surface area contributed by atoms with Crippen LogP contribution in [0.5, 0.6) is 11.5 Å². The Labute approximate surface area is 195 Å². The molecular weight excluding hydrogens is 491 g/mol. The monoisotopic (exact) mass is 520 g/mol. The fourth-order valence-electron chi connectivity index (χ4n) is 3.09. The minimum Gasteiger partial charge on any atom is -0.493 e. The minimum atomic E-state index is 0. The van der Waals surface area contributed by atoms with Crippen LogP contribution in [0.15, 0.2) is 59.7 Å². The van der Waals surface area contributed by atoms with E-state index < -0.39 is 0 Å². The topological polar surface area (TPSA) is 67.8 Å². The molecule has 0 fully saturated rings. The Balaban J connectivity index is 0.00000320. The van der Waals surface area contributed by atoms with E-state index in [0.29, 0.717) is 19.7 Å². The number of nitrogens with zero attached hydrogens (tertiary/aromatic N) is 2. The SMILES string of the molecule is CCNC(=NCc1ccc(OC)c(OCC)c1)NCc1ccnc2ccccc12.I. The van der Waals surface area contributed by atoms with Crippen molar-refractivity contribution >= 4 is 40.8 Å². The third kappa shape index (κ3) is 6.22. The number of ether oxygens (including phenoxy) is 2. The molecule has 3 aromatic rings. The van der Waals surface area contributed by atoms with E-state index in [0.717, 1.165) is 40.5 Å². The number of methoxy groups -OCH3 is 1. The molecule has 3 rings (SSSR count). The fourth-order valence-corrected chi connectivity index (χ4v) is 3.09. The number of nitrogens with one attached hydrogen (secondary N) is 2. The van der Waals surface area contributed by atoms with Crippen molar-refractivity contribution in [1.82, 2.24) is 15.6 Å². The first-order valence-electron chi connectivity index (χ1n) is 9.89. The maximum Gasteiger partial charge on any atom is 0.191 e. The van der Waals surface area contributed by atoms with Crippen LogP contribution in [0.2, 0.25) is 0 Å². The van der Waals surface area contributed by atoms with Crippen molar-refractivity contribution in [3.63, 3.8) is 0 Å². The van der Waals surface area contributed by atoms with Crippen molar-refractivity contribution in [3.8, 4) is 11.5 Å². The molecule has 2 N–H and O–H groups in total. The van der Waals surface area contributed by atoms with Gasteiger partial charge in [-0.15, -0.1) is 24.0 Å². The molecule has 0 amide bonds. The van der Waals surface area contributed by atoms with Gasteiger partial charge in [0.05, 0.1) is 25.8 Å². The maximum absolute atomic E-state index is 5.66. The average molecular weight is 520 g/mol. The Hall–Kier alpha value is -2.55. The summed E-state index contributed by atoms with van der Waals surface area (Å²) in [6.45, 7) is 6.60. The minimum absolute atomic E-state index is 0. The summed E-state index contributed by atoms with van der Waals surface area (Å²) in [5.74, 6) is 2.24. The number of para-hydroxylation sites is 1. The van der Waals surface area contributed by atoms with Crippen molar-refractivity contribution in [3.05, 3.63) is 65.9 Å². The highest BCUT2D eigenvalue weighted by molar-refractivity contribution is 14.0. The largest absolute Gasteiger partial charge is 0.493 e. The van der Waals surface area contributed by atoms with E-state index in [-0.39, 0.29) is 24.0 Å². The molecule has 0 bridgehead atoms. The van der Waals surface area contributed by atoms with Crippen molar-refractivity contribution in [2.75, 3.05) is 20.3 Å². The van der Waals surface area contributed by atoms with Crippen LogP contribution >= 0.6 is 24.0 Å². The summed E-state index contributed by atoms with van der Waals surface area (Å²) in [7, 11) is 1.64. The summed E-state index contributed by atoms with van der Waals surface area (Å²) in [5.41, 5.74) is 3.24. The van der Waals surface area contributed by atoms with Crippen LogP contribution in [0.1, 0.15) is 25.0 Å². The van der Waals surface area contributed by atoms with E-state index in [1.54, 1.807) is 7.11 Å². The van der Waals surface area contributed by atoms with Gasteiger partial charge in [-0.2, -0.15) is 0 Å². The predicted octanol–water partition coefficient (Wildman–Crippen LogP) is 4.52. The Morgan fingerprint density at radius 3 is 2.63 bits per heavy atom. The second kappa shape index (κ2) is 12.2. The molecule has 0 aliphatic carbocycles. The summed E-state index contributed by atoms with van der Waals surface area (Å²) in [6.07, 6.45) is 1.84. The van der Waals surface area contributed by atoms with Crippen molar-refractivity contribution in [2.45, 2.75) is 26.9 Å². The zero-order valence-corrected chi connectivity index (χ0v) is 20.0. The standard InChI is InChI=1S/C23H28N4O2.HI/c1-4-24-23(26-15-17-10-11-21(28-3)22(14-17)29-5-2)27-16-18-12-13-25-20-9-7-6-8-19(18)20;/h6-14H,4-5,15-16H2,1-3H3,(H2,24,26,27);1H. The van der Waals surface area contributed by atoms with Gasteiger partial charge in [-0.3, -0.25) is 4.98 Å². The van der Waals surface area contributed by atoms with E-state index in [9.17, 15) is 0 Å². The second-order valence-electron chi connectivity index (χ2n) is 6.45. The molecule has 0 saturated heterocycles. The number of fused-ring (bicyclic) bond motifs is 1. The lowest BCUT2D eigenvalue weighted by Gasteiger charge is -2.13. The van der Waals surface area contributed by atoms with Crippen molar-refractivity contribution < 1.29 is 9.47 Å². The number of hydrogen-bond donors (Lipinski definition) is 2. The molecule has 0 aliphatic rings. The lowest BCUT2D eigenvalue weighted by atomic mass is 10.1. The molecular formula is C23H29IN4O2. The fraction of sp³-hybridized carbons (Fsp3) is 0.304. The lowest BCUT2D eigenvalue weighted by molar-refractivity contribution is 0.310. The first kappa shape index (κ1) is 23.7. The Morgan fingerprint density at radius 2 is 1.87 bits per heavy atom. The van der Waals surface area contributed by atoms with Crippen LogP contribution in [0.3, 0.4) is 0 Å². The number of guanidine groups is 1. The number of aromatic nitrogens is 1. The molecule has 2 aromatic carbocycles. The molecule has 1 aromatic heterocycles. The summed E-state index contributed by atoms with van der Waals surface area (Å²) in [4.78, 5) is 9.14. The molecule has 7 heteroatoms. The van der Waals surface area contributed by atoms with E-state index in [4.69, 9.17) is 14.5 Å². The van der Waals surface area contributed by atoms with Gasteiger partial charge in [0, 0.05) is 24.7 Å². The average Bonchev–Trinajstić information content (AvgIpc) is 2.76. The van der Waals surface area contributed by atoms with E-state index in [1.165, 1.54) is 5.56 Å². The van der Waals surface area contributed by atoms with Crippen LogP contribution in [0, 0.1) is 0 Å². The normalized spacial score (nSPS) is 11.0. The maximum atomic E-state index is 5.66. The highest BCUT2D eigenvalue weighted by Crippen LogP contribution is 2.28. The van der Waals surface area contributed by atoms with E-state index in [2.05, 4.69) is 28.6 Å². The van der Waals surface area contributed by atoms with Crippen LogP contribution in [0.25, 0.3) is 10.9 Å².